The number of fused-ring (bicyclic) bond motifs is 2. The number of carbonyl (C=O) groups is 2. The molecule has 0 bridgehead atoms. The van der Waals surface area contributed by atoms with Gasteiger partial charge in [0.2, 0.25) is 11.8 Å². The van der Waals surface area contributed by atoms with E-state index in [4.69, 9.17) is 5.11 Å². The number of likely N-dealkylation sites (tertiary alicyclic amines) is 1. The van der Waals surface area contributed by atoms with Crippen LogP contribution in [-0.2, 0) is 9.59 Å². The maximum Gasteiger partial charge on any atom is 0.241 e. The number of aromatic nitrogens is 2. The predicted octanol–water partition coefficient (Wildman–Crippen LogP) is 2.16. The van der Waals surface area contributed by atoms with Gasteiger partial charge in [-0.25, -0.2) is 9.97 Å². The summed E-state index contributed by atoms with van der Waals surface area (Å²) in [5.41, 5.74) is 2.72. The first-order valence-corrected chi connectivity index (χ1v) is 12.0. The van der Waals surface area contributed by atoms with E-state index < -0.39 is 0 Å². The minimum absolute atomic E-state index is 0.0843. The van der Waals surface area contributed by atoms with Crippen molar-refractivity contribution in [3.8, 4) is 0 Å². The molecule has 9 nitrogen and oxygen atoms in total. The number of rotatable bonds is 8. The SMILES string of the molecule is Cc1c2nc(NCC(=O)NCCO)sc2cc2sc(NCC(=O)N3CCCCC3)nc12. The van der Waals surface area contributed by atoms with Crippen molar-refractivity contribution in [2.75, 3.05) is 50.0 Å². The van der Waals surface area contributed by atoms with Crippen molar-refractivity contribution in [2.24, 2.45) is 0 Å². The van der Waals surface area contributed by atoms with Crippen LogP contribution in [0.4, 0.5) is 10.3 Å². The number of carbonyl (C=O) groups excluding carboxylic acids is 2. The van der Waals surface area contributed by atoms with Crippen molar-refractivity contribution >= 4 is 65.2 Å². The number of benzene rings is 1. The number of aryl methyl sites for hydroxylation is 1. The molecule has 0 saturated carbocycles. The lowest BCUT2D eigenvalue weighted by molar-refractivity contribution is -0.130. The van der Waals surface area contributed by atoms with Gasteiger partial charge in [0.1, 0.15) is 0 Å². The number of anilines is 2. The molecule has 0 atom stereocenters. The van der Waals surface area contributed by atoms with E-state index >= 15 is 0 Å². The molecule has 3 aromatic rings. The number of piperidine rings is 1. The van der Waals surface area contributed by atoms with E-state index in [0.717, 1.165) is 57.1 Å². The number of hydrogen-bond acceptors (Lipinski definition) is 9. The molecule has 4 N–H and O–H groups in total. The molecule has 2 aromatic heterocycles. The zero-order valence-electron chi connectivity index (χ0n) is 17.4. The molecule has 2 amide bonds. The highest BCUT2D eigenvalue weighted by atomic mass is 32.1. The van der Waals surface area contributed by atoms with Crippen molar-refractivity contribution in [1.82, 2.24) is 20.2 Å². The average molecular weight is 463 g/mol. The van der Waals surface area contributed by atoms with Crippen LogP contribution < -0.4 is 16.0 Å². The minimum Gasteiger partial charge on any atom is -0.395 e. The maximum atomic E-state index is 12.4. The smallest absolute Gasteiger partial charge is 0.241 e. The Labute approximate surface area is 187 Å². The first-order chi connectivity index (χ1) is 15.0. The Morgan fingerprint density at radius 2 is 1.65 bits per heavy atom. The zero-order chi connectivity index (χ0) is 21.8. The molecular formula is C20H26N6O3S2. The number of nitrogens with zero attached hydrogens (tertiary/aromatic N) is 3. The monoisotopic (exact) mass is 462 g/mol. The topological polar surface area (TPSA) is 119 Å². The average Bonchev–Trinajstić information content (AvgIpc) is 3.39. The maximum absolute atomic E-state index is 12.4. The third kappa shape index (κ3) is 5.05. The fraction of sp³-hybridized carbons (Fsp3) is 0.500. The fourth-order valence-corrected chi connectivity index (χ4v) is 5.60. The minimum atomic E-state index is -0.192. The Hall–Kier alpha value is -2.50. The second kappa shape index (κ2) is 9.75. The number of thiazole rings is 2. The fourth-order valence-electron chi connectivity index (χ4n) is 3.60. The van der Waals surface area contributed by atoms with Gasteiger partial charge >= 0.3 is 0 Å². The number of aliphatic hydroxyl groups is 1. The first kappa shape index (κ1) is 21.7. The molecule has 166 valence electrons. The number of nitrogens with one attached hydrogen (secondary N) is 3. The van der Waals surface area contributed by atoms with Crippen molar-refractivity contribution in [2.45, 2.75) is 26.2 Å². The molecule has 11 heteroatoms. The van der Waals surface area contributed by atoms with Gasteiger partial charge in [-0.3, -0.25) is 9.59 Å². The summed E-state index contributed by atoms with van der Waals surface area (Å²) in [6.45, 7) is 4.20. The third-order valence-electron chi connectivity index (χ3n) is 5.21. The van der Waals surface area contributed by atoms with Crippen LogP contribution in [0.3, 0.4) is 0 Å². The predicted molar refractivity (Wildman–Crippen MR) is 125 cm³/mol. The van der Waals surface area contributed by atoms with Crippen LogP contribution in [0.1, 0.15) is 24.8 Å². The molecule has 0 spiro atoms. The van der Waals surface area contributed by atoms with Crippen LogP contribution in [0.25, 0.3) is 20.4 Å². The lowest BCUT2D eigenvalue weighted by Crippen LogP contribution is -2.39. The summed E-state index contributed by atoms with van der Waals surface area (Å²) in [6.07, 6.45) is 3.37. The molecule has 0 unspecified atom stereocenters. The Balaban J connectivity index is 1.44. The van der Waals surface area contributed by atoms with E-state index in [0.29, 0.717) is 5.13 Å². The van der Waals surface area contributed by atoms with Gasteiger partial charge in [0.15, 0.2) is 10.3 Å². The lowest BCUT2D eigenvalue weighted by atomic mass is 10.1. The van der Waals surface area contributed by atoms with Crippen LogP contribution in [0.5, 0.6) is 0 Å². The lowest BCUT2D eigenvalue weighted by Gasteiger charge is -2.26. The molecule has 1 saturated heterocycles. The highest BCUT2D eigenvalue weighted by Crippen LogP contribution is 2.36. The van der Waals surface area contributed by atoms with Crippen molar-refractivity contribution in [3.63, 3.8) is 0 Å². The molecule has 1 aromatic carbocycles. The molecule has 3 heterocycles. The van der Waals surface area contributed by atoms with Crippen LogP contribution in [0.2, 0.25) is 0 Å². The van der Waals surface area contributed by atoms with Crippen LogP contribution in [0, 0.1) is 6.92 Å². The van der Waals surface area contributed by atoms with Crippen LogP contribution >= 0.6 is 22.7 Å². The Morgan fingerprint density at radius 1 is 1.03 bits per heavy atom. The largest absolute Gasteiger partial charge is 0.395 e. The van der Waals surface area contributed by atoms with Gasteiger partial charge < -0.3 is 26.0 Å². The number of aliphatic hydroxyl groups excluding tert-OH is 1. The highest BCUT2D eigenvalue weighted by molar-refractivity contribution is 7.24. The standard InChI is InChI=1S/C20H26N6O3S2/c1-12-17-13(30-19(24-17)22-10-15(28)21-5-8-27)9-14-18(12)25-20(31-14)23-11-16(29)26-6-3-2-4-7-26/h9,27H,2-8,10-11H2,1H3,(H,21,28)(H,22,24)(H,23,25). The van der Waals surface area contributed by atoms with E-state index in [9.17, 15) is 9.59 Å². The first-order valence-electron chi connectivity index (χ1n) is 10.4. The molecule has 1 aliphatic heterocycles. The third-order valence-corrected chi connectivity index (χ3v) is 7.13. The van der Waals surface area contributed by atoms with Gasteiger partial charge in [0.05, 0.1) is 40.1 Å². The summed E-state index contributed by atoms with van der Waals surface area (Å²) < 4.78 is 2.05. The molecular weight excluding hydrogens is 436 g/mol. The molecule has 4 rings (SSSR count). The van der Waals surface area contributed by atoms with E-state index in [1.54, 1.807) is 0 Å². The summed E-state index contributed by atoms with van der Waals surface area (Å²) >= 11 is 3.01. The van der Waals surface area contributed by atoms with E-state index in [2.05, 4.69) is 32.0 Å². The summed E-state index contributed by atoms with van der Waals surface area (Å²) in [7, 11) is 0. The number of hydrogen-bond donors (Lipinski definition) is 4. The second-order valence-electron chi connectivity index (χ2n) is 7.46. The van der Waals surface area contributed by atoms with E-state index in [1.165, 1.54) is 29.1 Å². The zero-order valence-corrected chi connectivity index (χ0v) is 19.0. The van der Waals surface area contributed by atoms with E-state index in [-0.39, 0.29) is 38.1 Å². The summed E-state index contributed by atoms with van der Waals surface area (Å²) in [5, 5.41) is 19.0. The van der Waals surface area contributed by atoms with Gasteiger partial charge in [-0.15, -0.1) is 0 Å². The normalized spacial score (nSPS) is 14.2. The second-order valence-corrected chi connectivity index (χ2v) is 9.52. The number of amides is 2. The van der Waals surface area contributed by atoms with Gasteiger partial charge in [-0.1, -0.05) is 22.7 Å². The summed E-state index contributed by atoms with van der Waals surface area (Å²) in [6, 6.07) is 2.06. The van der Waals surface area contributed by atoms with Gasteiger partial charge in [-0.2, -0.15) is 0 Å². The quantitative estimate of drug-likeness (QED) is 0.405. The van der Waals surface area contributed by atoms with Crippen molar-refractivity contribution < 1.29 is 14.7 Å². The summed E-state index contributed by atoms with van der Waals surface area (Å²) in [5.74, 6) is -0.0698. The Kier molecular flexibility index (Phi) is 6.83. The van der Waals surface area contributed by atoms with Crippen LogP contribution in [0.15, 0.2) is 6.07 Å². The van der Waals surface area contributed by atoms with Crippen molar-refractivity contribution in [3.05, 3.63) is 11.6 Å². The van der Waals surface area contributed by atoms with Gasteiger partial charge in [0, 0.05) is 25.2 Å². The molecule has 1 aliphatic rings. The van der Waals surface area contributed by atoms with Gasteiger partial charge in [-0.05, 0) is 32.3 Å². The Morgan fingerprint density at radius 3 is 2.26 bits per heavy atom. The highest BCUT2D eigenvalue weighted by Gasteiger charge is 2.18. The Bertz CT molecular complexity index is 1090. The molecule has 1 fully saturated rings. The van der Waals surface area contributed by atoms with Gasteiger partial charge in [0.25, 0.3) is 0 Å². The van der Waals surface area contributed by atoms with Crippen molar-refractivity contribution in [1.29, 1.82) is 0 Å². The van der Waals surface area contributed by atoms with Crippen LogP contribution in [-0.4, -0.2) is 71.1 Å². The summed E-state index contributed by atoms with van der Waals surface area (Å²) in [4.78, 5) is 35.3. The van der Waals surface area contributed by atoms with E-state index in [1.807, 2.05) is 11.8 Å². The molecule has 31 heavy (non-hydrogen) atoms. The molecule has 0 radical (unpaired) electrons. The molecule has 0 aliphatic carbocycles.